The van der Waals surface area contributed by atoms with Crippen LogP contribution in [0.2, 0.25) is 0 Å². The first-order chi connectivity index (χ1) is 3.79. The molecule has 0 aromatic carbocycles. The molecule has 0 N–H and O–H groups in total. The Hall–Kier alpha value is -0.520. The summed E-state index contributed by atoms with van der Waals surface area (Å²) in [6.07, 6.45) is 9.47. The van der Waals surface area contributed by atoms with Gasteiger partial charge in [0.25, 0.3) is 0 Å². The van der Waals surface area contributed by atoms with Crippen molar-refractivity contribution >= 4 is 0 Å². The zero-order valence-corrected chi connectivity index (χ0v) is 5.15. The minimum atomic E-state index is 0.516. The summed E-state index contributed by atoms with van der Waals surface area (Å²) in [5.74, 6) is 0. The standard InChI is InChI=1S/C8H10/c1-8(4-5-8)6-7-2-3-7/h2,4-5H,3,6H2,1H3. The molecule has 0 aliphatic heterocycles. The maximum absolute atomic E-state index is 2.31. The fourth-order valence-corrected chi connectivity index (χ4v) is 0.966. The molecule has 2 aliphatic carbocycles. The molecule has 42 valence electrons. The highest BCUT2D eigenvalue weighted by atomic mass is 14.3. The van der Waals surface area contributed by atoms with Crippen molar-refractivity contribution in [1.82, 2.24) is 0 Å². The van der Waals surface area contributed by atoms with E-state index in [2.05, 4.69) is 25.2 Å². The van der Waals surface area contributed by atoms with Gasteiger partial charge in [0.1, 0.15) is 0 Å². The fourth-order valence-electron chi connectivity index (χ4n) is 0.966. The summed E-state index contributed by atoms with van der Waals surface area (Å²) in [4.78, 5) is 0. The van der Waals surface area contributed by atoms with Gasteiger partial charge in [-0.05, 0) is 12.8 Å². The molecule has 0 saturated heterocycles. The Balaban J connectivity index is 1.91. The zero-order valence-electron chi connectivity index (χ0n) is 5.15. The van der Waals surface area contributed by atoms with Crippen molar-refractivity contribution in [2.45, 2.75) is 19.8 Å². The predicted octanol–water partition coefficient (Wildman–Crippen LogP) is 2.28. The Bertz CT molecular complexity index is 166. The Morgan fingerprint density at radius 2 is 2.25 bits per heavy atom. The van der Waals surface area contributed by atoms with E-state index in [4.69, 9.17) is 0 Å². The van der Waals surface area contributed by atoms with Crippen molar-refractivity contribution in [2.24, 2.45) is 5.41 Å². The van der Waals surface area contributed by atoms with Crippen LogP contribution in [0.25, 0.3) is 0 Å². The van der Waals surface area contributed by atoms with Crippen molar-refractivity contribution < 1.29 is 0 Å². The lowest BCUT2D eigenvalue weighted by Gasteiger charge is -2.02. The lowest BCUT2D eigenvalue weighted by molar-refractivity contribution is 0.641. The second-order valence-electron chi connectivity index (χ2n) is 3.08. The molecule has 0 heterocycles. The quantitative estimate of drug-likeness (QED) is 0.474. The molecule has 2 rings (SSSR count). The Kier molecular flexibility index (Phi) is 0.585. The van der Waals surface area contributed by atoms with E-state index in [-0.39, 0.29) is 0 Å². The molecule has 0 aromatic rings. The molecule has 2 aliphatic rings. The molecule has 0 bridgehead atoms. The van der Waals surface area contributed by atoms with Gasteiger partial charge >= 0.3 is 0 Å². The van der Waals surface area contributed by atoms with Gasteiger partial charge in [-0.25, -0.2) is 0 Å². The van der Waals surface area contributed by atoms with Crippen LogP contribution >= 0.6 is 0 Å². The second kappa shape index (κ2) is 1.07. The number of hydrogen-bond donors (Lipinski definition) is 0. The van der Waals surface area contributed by atoms with E-state index in [0.717, 1.165) is 0 Å². The van der Waals surface area contributed by atoms with Gasteiger partial charge < -0.3 is 0 Å². The fraction of sp³-hybridized carbons (Fsp3) is 0.500. The highest BCUT2D eigenvalue weighted by Crippen LogP contribution is 2.43. The summed E-state index contributed by atoms with van der Waals surface area (Å²) in [6, 6.07) is 0. The number of rotatable bonds is 2. The van der Waals surface area contributed by atoms with Crippen molar-refractivity contribution in [2.75, 3.05) is 0 Å². The molecule has 0 unspecified atom stereocenters. The summed E-state index contributed by atoms with van der Waals surface area (Å²) in [5, 5.41) is 0. The molecule has 0 saturated carbocycles. The summed E-state index contributed by atoms with van der Waals surface area (Å²) < 4.78 is 0. The Morgan fingerprint density at radius 1 is 1.62 bits per heavy atom. The van der Waals surface area contributed by atoms with Crippen molar-refractivity contribution in [3.8, 4) is 0 Å². The summed E-state index contributed by atoms with van der Waals surface area (Å²) >= 11 is 0. The molecule has 0 radical (unpaired) electrons. The van der Waals surface area contributed by atoms with Crippen LogP contribution in [0.4, 0.5) is 0 Å². The molecular formula is C8H10. The Morgan fingerprint density at radius 3 is 2.62 bits per heavy atom. The van der Waals surface area contributed by atoms with E-state index in [1.54, 1.807) is 5.57 Å². The molecule has 0 amide bonds. The van der Waals surface area contributed by atoms with Gasteiger partial charge in [0.15, 0.2) is 0 Å². The third kappa shape index (κ3) is 0.706. The van der Waals surface area contributed by atoms with Crippen molar-refractivity contribution in [3.63, 3.8) is 0 Å². The monoisotopic (exact) mass is 106 g/mol. The maximum atomic E-state index is 2.31. The van der Waals surface area contributed by atoms with Gasteiger partial charge in [-0.1, -0.05) is 30.7 Å². The van der Waals surface area contributed by atoms with Gasteiger partial charge in [0.05, 0.1) is 0 Å². The largest absolute Gasteiger partial charge is 0.0809 e. The topological polar surface area (TPSA) is 0 Å². The maximum Gasteiger partial charge on any atom is 0.00705 e. The molecule has 0 heteroatoms. The van der Waals surface area contributed by atoms with Crippen LogP contribution in [0, 0.1) is 5.41 Å². The SMILES string of the molecule is CC1(CC2=CC2)C=C1. The van der Waals surface area contributed by atoms with Gasteiger partial charge in [0, 0.05) is 5.41 Å². The van der Waals surface area contributed by atoms with E-state index >= 15 is 0 Å². The van der Waals surface area contributed by atoms with Crippen LogP contribution < -0.4 is 0 Å². The minimum absolute atomic E-state index is 0.516. The normalized spacial score (nSPS) is 27.4. The second-order valence-corrected chi connectivity index (χ2v) is 3.08. The van der Waals surface area contributed by atoms with Gasteiger partial charge in [-0.15, -0.1) is 0 Å². The first kappa shape index (κ1) is 4.37. The Labute approximate surface area is 49.9 Å². The number of hydrogen-bond acceptors (Lipinski definition) is 0. The van der Waals surface area contributed by atoms with E-state index in [0.29, 0.717) is 5.41 Å². The average Bonchev–Trinajstić information content (AvgIpc) is 2.49. The summed E-state index contributed by atoms with van der Waals surface area (Å²) in [7, 11) is 0. The lowest BCUT2D eigenvalue weighted by Crippen LogP contribution is -1.91. The molecule has 0 atom stereocenters. The molecule has 0 nitrogen and oxygen atoms in total. The smallest absolute Gasteiger partial charge is 0.00705 e. The highest BCUT2D eigenvalue weighted by Gasteiger charge is 2.30. The molecule has 8 heavy (non-hydrogen) atoms. The number of allylic oxidation sites excluding steroid dienone is 4. The van der Waals surface area contributed by atoms with Crippen LogP contribution in [0.15, 0.2) is 23.8 Å². The summed E-state index contributed by atoms with van der Waals surface area (Å²) in [6.45, 7) is 2.28. The van der Waals surface area contributed by atoms with E-state index in [1.165, 1.54) is 12.8 Å². The third-order valence-electron chi connectivity index (χ3n) is 1.84. The summed E-state index contributed by atoms with van der Waals surface area (Å²) in [5.41, 5.74) is 2.17. The molecular weight excluding hydrogens is 96.1 g/mol. The third-order valence-corrected chi connectivity index (χ3v) is 1.84. The van der Waals surface area contributed by atoms with E-state index in [9.17, 15) is 0 Å². The van der Waals surface area contributed by atoms with Crippen LogP contribution in [0.3, 0.4) is 0 Å². The lowest BCUT2D eigenvalue weighted by atomic mass is 10.0. The minimum Gasteiger partial charge on any atom is -0.0809 e. The van der Waals surface area contributed by atoms with Crippen LogP contribution in [-0.4, -0.2) is 0 Å². The van der Waals surface area contributed by atoms with Gasteiger partial charge in [0.2, 0.25) is 0 Å². The highest BCUT2D eigenvalue weighted by molar-refractivity contribution is 5.33. The van der Waals surface area contributed by atoms with Crippen LogP contribution in [0.5, 0.6) is 0 Å². The van der Waals surface area contributed by atoms with Crippen LogP contribution in [0.1, 0.15) is 19.8 Å². The van der Waals surface area contributed by atoms with E-state index in [1.807, 2.05) is 0 Å². The molecule has 0 spiro atoms. The zero-order chi connectivity index (χ0) is 5.61. The van der Waals surface area contributed by atoms with Crippen molar-refractivity contribution in [1.29, 1.82) is 0 Å². The van der Waals surface area contributed by atoms with Crippen molar-refractivity contribution in [3.05, 3.63) is 23.8 Å². The molecule has 0 aromatic heterocycles. The average molecular weight is 106 g/mol. The van der Waals surface area contributed by atoms with Gasteiger partial charge in [-0.2, -0.15) is 0 Å². The van der Waals surface area contributed by atoms with Gasteiger partial charge in [-0.3, -0.25) is 0 Å². The first-order valence-electron chi connectivity index (χ1n) is 3.17. The predicted molar refractivity (Wildman–Crippen MR) is 34.6 cm³/mol. The van der Waals surface area contributed by atoms with Crippen LogP contribution in [-0.2, 0) is 0 Å². The first-order valence-corrected chi connectivity index (χ1v) is 3.17. The molecule has 0 fully saturated rings. The van der Waals surface area contributed by atoms with E-state index < -0.39 is 0 Å².